The van der Waals surface area contributed by atoms with Crippen LogP contribution in [0.2, 0.25) is 0 Å². The molecule has 2 rings (SSSR count). The highest BCUT2D eigenvalue weighted by Gasteiger charge is 2.47. The van der Waals surface area contributed by atoms with E-state index in [-0.39, 0.29) is 12.1 Å². The molecule has 0 aromatic rings. The van der Waals surface area contributed by atoms with Crippen LogP contribution in [0.3, 0.4) is 0 Å². The largest absolute Gasteiger partial charge is 0.444 e. The lowest BCUT2D eigenvalue weighted by Crippen LogP contribution is -2.50. The molecule has 1 saturated heterocycles. The fourth-order valence-corrected chi connectivity index (χ4v) is 3.71. The van der Waals surface area contributed by atoms with Crippen LogP contribution in [0.15, 0.2) is 0 Å². The number of alkyl carbamates (subject to hydrolysis) is 1. The molecule has 2 aliphatic rings. The predicted octanol–water partition coefficient (Wildman–Crippen LogP) is 2.68. The highest BCUT2D eigenvalue weighted by Crippen LogP contribution is 2.47. The molecule has 1 saturated carbocycles. The zero-order valence-electron chi connectivity index (χ0n) is 12.7. The standard InChI is InChI=1S/C15H28N2O2/c1-11-9-12(17-13(18)19-14(2,3)4)15(10-11)5-7-16-8-6-15/h11-12,16H,5-10H2,1-4H3,(H,17,18)/t11?,12-/m1/s1. The molecule has 1 amide bonds. The van der Waals surface area contributed by atoms with Gasteiger partial charge in [-0.15, -0.1) is 0 Å². The third kappa shape index (κ3) is 3.62. The van der Waals surface area contributed by atoms with E-state index in [0.717, 1.165) is 32.4 Å². The fraction of sp³-hybridized carbons (Fsp3) is 0.933. The van der Waals surface area contributed by atoms with Crippen molar-refractivity contribution in [3.8, 4) is 0 Å². The summed E-state index contributed by atoms with van der Waals surface area (Å²) >= 11 is 0. The Bertz CT molecular complexity index is 330. The molecule has 1 spiro atoms. The third-order valence-corrected chi connectivity index (χ3v) is 4.42. The van der Waals surface area contributed by atoms with Gasteiger partial charge in [-0.3, -0.25) is 0 Å². The van der Waals surface area contributed by atoms with Gasteiger partial charge >= 0.3 is 6.09 Å². The Morgan fingerprint density at radius 1 is 1.32 bits per heavy atom. The van der Waals surface area contributed by atoms with Crippen molar-refractivity contribution in [2.75, 3.05) is 13.1 Å². The summed E-state index contributed by atoms with van der Waals surface area (Å²) in [7, 11) is 0. The SMILES string of the molecule is CC1C[C@@H](NC(=O)OC(C)(C)C)C2(CCNCC2)C1. The van der Waals surface area contributed by atoms with Gasteiger partial charge in [-0.1, -0.05) is 6.92 Å². The summed E-state index contributed by atoms with van der Waals surface area (Å²) < 4.78 is 5.40. The number of hydrogen-bond donors (Lipinski definition) is 2. The van der Waals surface area contributed by atoms with Crippen LogP contribution in [-0.2, 0) is 4.74 Å². The number of amides is 1. The Balaban J connectivity index is 1.99. The van der Waals surface area contributed by atoms with Gasteiger partial charge in [-0.25, -0.2) is 4.79 Å². The normalized spacial score (nSPS) is 30.3. The molecule has 1 unspecified atom stereocenters. The van der Waals surface area contributed by atoms with Gasteiger partial charge in [0.05, 0.1) is 0 Å². The minimum Gasteiger partial charge on any atom is -0.444 e. The van der Waals surface area contributed by atoms with Crippen LogP contribution in [0.4, 0.5) is 4.79 Å². The van der Waals surface area contributed by atoms with Gasteiger partial charge in [-0.2, -0.15) is 0 Å². The van der Waals surface area contributed by atoms with E-state index in [0.29, 0.717) is 11.3 Å². The number of ether oxygens (including phenoxy) is 1. The van der Waals surface area contributed by atoms with Crippen molar-refractivity contribution in [1.82, 2.24) is 10.6 Å². The number of piperidine rings is 1. The first-order valence-electron chi connectivity index (χ1n) is 7.51. The van der Waals surface area contributed by atoms with E-state index in [1.165, 1.54) is 6.42 Å². The molecule has 0 aromatic carbocycles. The van der Waals surface area contributed by atoms with Crippen molar-refractivity contribution in [3.05, 3.63) is 0 Å². The molecular weight excluding hydrogens is 240 g/mol. The first-order chi connectivity index (χ1) is 8.81. The van der Waals surface area contributed by atoms with E-state index in [2.05, 4.69) is 17.6 Å². The van der Waals surface area contributed by atoms with Crippen LogP contribution in [0.25, 0.3) is 0 Å². The monoisotopic (exact) mass is 268 g/mol. The van der Waals surface area contributed by atoms with E-state index in [1.54, 1.807) is 0 Å². The number of carbonyl (C=O) groups is 1. The lowest BCUT2D eigenvalue weighted by atomic mass is 9.74. The minimum atomic E-state index is -0.421. The molecule has 110 valence electrons. The lowest BCUT2D eigenvalue weighted by Gasteiger charge is -2.39. The highest BCUT2D eigenvalue weighted by atomic mass is 16.6. The van der Waals surface area contributed by atoms with Crippen molar-refractivity contribution in [3.63, 3.8) is 0 Å². The van der Waals surface area contributed by atoms with Crippen molar-refractivity contribution in [2.45, 2.75) is 65.0 Å². The van der Waals surface area contributed by atoms with Gasteiger partial charge in [-0.05, 0) is 70.9 Å². The van der Waals surface area contributed by atoms with Crippen molar-refractivity contribution < 1.29 is 9.53 Å². The van der Waals surface area contributed by atoms with Crippen LogP contribution in [-0.4, -0.2) is 30.8 Å². The lowest BCUT2D eigenvalue weighted by molar-refractivity contribution is 0.0437. The van der Waals surface area contributed by atoms with Crippen molar-refractivity contribution >= 4 is 6.09 Å². The van der Waals surface area contributed by atoms with E-state index >= 15 is 0 Å². The third-order valence-electron chi connectivity index (χ3n) is 4.42. The van der Waals surface area contributed by atoms with Gasteiger partial charge in [0.2, 0.25) is 0 Å². The molecule has 4 heteroatoms. The van der Waals surface area contributed by atoms with Crippen LogP contribution in [0, 0.1) is 11.3 Å². The van der Waals surface area contributed by atoms with Gasteiger partial charge < -0.3 is 15.4 Å². The molecule has 0 bridgehead atoms. The molecule has 1 aliphatic carbocycles. The molecule has 19 heavy (non-hydrogen) atoms. The number of hydrogen-bond acceptors (Lipinski definition) is 3. The Morgan fingerprint density at radius 3 is 2.53 bits per heavy atom. The average Bonchev–Trinajstić information content (AvgIpc) is 2.53. The molecule has 1 aliphatic heterocycles. The first-order valence-corrected chi connectivity index (χ1v) is 7.51. The summed E-state index contributed by atoms with van der Waals surface area (Å²) in [6.07, 6.45) is 4.38. The number of nitrogens with one attached hydrogen (secondary N) is 2. The van der Waals surface area contributed by atoms with Gasteiger partial charge in [0, 0.05) is 6.04 Å². The maximum absolute atomic E-state index is 12.0. The van der Waals surface area contributed by atoms with Crippen LogP contribution in [0.5, 0.6) is 0 Å². The summed E-state index contributed by atoms with van der Waals surface area (Å²) in [4.78, 5) is 12.0. The topological polar surface area (TPSA) is 50.4 Å². The maximum Gasteiger partial charge on any atom is 0.407 e. The zero-order valence-corrected chi connectivity index (χ0v) is 12.7. The summed E-state index contributed by atoms with van der Waals surface area (Å²) in [5, 5.41) is 6.56. The van der Waals surface area contributed by atoms with Crippen LogP contribution < -0.4 is 10.6 Å². The number of rotatable bonds is 1. The molecule has 0 radical (unpaired) electrons. The van der Waals surface area contributed by atoms with Crippen LogP contribution in [0.1, 0.15) is 53.4 Å². The van der Waals surface area contributed by atoms with Crippen molar-refractivity contribution in [2.24, 2.45) is 11.3 Å². The Kier molecular flexibility index (Phi) is 4.09. The van der Waals surface area contributed by atoms with E-state index < -0.39 is 5.60 Å². The molecule has 1 heterocycles. The van der Waals surface area contributed by atoms with E-state index in [4.69, 9.17) is 4.74 Å². The minimum absolute atomic E-state index is 0.260. The van der Waals surface area contributed by atoms with Crippen LogP contribution >= 0.6 is 0 Å². The summed E-state index contributed by atoms with van der Waals surface area (Å²) in [5.74, 6) is 0.693. The second-order valence-corrected chi connectivity index (χ2v) is 7.36. The van der Waals surface area contributed by atoms with Gasteiger partial charge in [0.1, 0.15) is 5.60 Å². The summed E-state index contributed by atoms with van der Waals surface area (Å²) in [5.41, 5.74) is -0.128. The average molecular weight is 268 g/mol. The predicted molar refractivity (Wildman–Crippen MR) is 76.1 cm³/mol. The Hall–Kier alpha value is -0.770. The summed E-state index contributed by atoms with van der Waals surface area (Å²) in [6, 6.07) is 0.277. The fourth-order valence-electron chi connectivity index (χ4n) is 3.71. The maximum atomic E-state index is 12.0. The smallest absolute Gasteiger partial charge is 0.407 e. The Labute approximate surface area is 116 Å². The second kappa shape index (κ2) is 5.31. The second-order valence-electron chi connectivity index (χ2n) is 7.36. The van der Waals surface area contributed by atoms with Gasteiger partial charge in [0.25, 0.3) is 0 Å². The molecule has 2 N–H and O–H groups in total. The quantitative estimate of drug-likeness (QED) is 0.768. The molecular formula is C15H28N2O2. The zero-order chi connectivity index (χ0) is 14.1. The molecule has 2 atom stereocenters. The summed E-state index contributed by atoms with van der Waals surface area (Å²) in [6.45, 7) is 10.2. The molecule has 4 nitrogen and oxygen atoms in total. The van der Waals surface area contributed by atoms with E-state index in [9.17, 15) is 4.79 Å². The Morgan fingerprint density at radius 2 is 1.95 bits per heavy atom. The van der Waals surface area contributed by atoms with Crippen molar-refractivity contribution in [1.29, 1.82) is 0 Å². The van der Waals surface area contributed by atoms with Gasteiger partial charge in [0.15, 0.2) is 0 Å². The molecule has 2 fully saturated rings. The number of carbonyl (C=O) groups excluding carboxylic acids is 1. The first kappa shape index (κ1) is 14.6. The van der Waals surface area contributed by atoms with E-state index in [1.807, 2.05) is 20.8 Å². The highest BCUT2D eigenvalue weighted by molar-refractivity contribution is 5.68. The molecule has 0 aromatic heterocycles.